The standard InChI is InChI=1S/C26H24N4O2S/c1-17-8-12-19(13-9-17)23-25(29-24(31)20-14-10-18(2)11-15-20)33-26(28-23)30-27-16-21-6-4-5-7-22(21)32-3/h4-16H,1-3H3,(H,28,30)(H,29,31)/b27-16+. The molecule has 0 bridgehead atoms. The van der Waals surface area contributed by atoms with Gasteiger partial charge < -0.3 is 10.1 Å². The first-order valence-corrected chi connectivity index (χ1v) is 11.2. The van der Waals surface area contributed by atoms with Crippen molar-refractivity contribution in [1.82, 2.24) is 4.98 Å². The van der Waals surface area contributed by atoms with Gasteiger partial charge in [0.2, 0.25) is 5.13 Å². The number of nitrogens with zero attached hydrogens (tertiary/aromatic N) is 2. The number of amides is 1. The smallest absolute Gasteiger partial charge is 0.256 e. The van der Waals surface area contributed by atoms with E-state index in [0.717, 1.165) is 28.0 Å². The van der Waals surface area contributed by atoms with Gasteiger partial charge in [0.1, 0.15) is 16.4 Å². The molecular weight excluding hydrogens is 432 g/mol. The maximum atomic E-state index is 12.8. The Morgan fingerprint density at radius 1 is 0.970 bits per heavy atom. The molecule has 0 aliphatic heterocycles. The monoisotopic (exact) mass is 456 g/mol. The summed E-state index contributed by atoms with van der Waals surface area (Å²) in [6.45, 7) is 4.02. The van der Waals surface area contributed by atoms with E-state index < -0.39 is 0 Å². The second kappa shape index (κ2) is 10.1. The summed E-state index contributed by atoms with van der Waals surface area (Å²) in [7, 11) is 1.62. The van der Waals surface area contributed by atoms with Crippen molar-refractivity contribution in [2.24, 2.45) is 5.10 Å². The van der Waals surface area contributed by atoms with Crippen LogP contribution in [0, 0.1) is 13.8 Å². The zero-order valence-electron chi connectivity index (χ0n) is 18.6. The number of carbonyl (C=O) groups excluding carboxylic acids is 1. The van der Waals surface area contributed by atoms with E-state index in [1.807, 2.05) is 86.6 Å². The number of thiazole rings is 1. The molecule has 0 unspecified atom stereocenters. The Bertz CT molecular complexity index is 1280. The summed E-state index contributed by atoms with van der Waals surface area (Å²) in [4.78, 5) is 17.5. The average molecular weight is 457 g/mol. The van der Waals surface area contributed by atoms with Crippen LogP contribution in [0.5, 0.6) is 5.75 Å². The highest BCUT2D eigenvalue weighted by Gasteiger charge is 2.16. The highest BCUT2D eigenvalue weighted by Crippen LogP contribution is 2.36. The van der Waals surface area contributed by atoms with Crippen LogP contribution in [0.4, 0.5) is 10.1 Å². The van der Waals surface area contributed by atoms with Gasteiger partial charge in [-0.2, -0.15) is 5.10 Å². The number of hydrazone groups is 1. The van der Waals surface area contributed by atoms with E-state index in [1.165, 1.54) is 11.3 Å². The second-order valence-electron chi connectivity index (χ2n) is 7.49. The minimum Gasteiger partial charge on any atom is -0.496 e. The largest absolute Gasteiger partial charge is 0.496 e. The lowest BCUT2D eigenvalue weighted by Gasteiger charge is -2.06. The lowest BCUT2D eigenvalue weighted by Crippen LogP contribution is -2.11. The number of methoxy groups -OCH3 is 1. The third-order valence-electron chi connectivity index (χ3n) is 5.00. The van der Waals surface area contributed by atoms with E-state index in [4.69, 9.17) is 9.72 Å². The number of carbonyl (C=O) groups is 1. The van der Waals surface area contributed by atoms with E-state index in [0.29, 0.717) is 21.4 Å². The summed E-state index contributed by atoms with van der Waals surface area (Å²) in [6, 6.07) is 23.1. The Labute approximate surface area is 197 Å². The number of hydrogen-bond donors (Lipinski definition) is 2. The molecule has 1 amide bonds. The lowest BCUT2D eigenvalue weighted by molar-refractivity contribution is 0.102. The van der Waals surface area contributed by atoms with Gasteiger partial charge in [-0.15, -0.1) is 0 Å². The Hall–Kier alpha value is -3.97. The number of benzene rings is 3. The molecule has 7 heteroatoms. The second-order valence-corrected chi connectivity index (χ2v) is 8.49. The van der Waals surface area contributed by atoms with Crippen LogP contribution in [-0.2, 0) is 0 Å². The minimum atomic E-state index is -0.184. The molecule has 4 aromatic rings. The Balaban J connectivity index is 1.60. The fourth-order valence-electron chi connectivity index (χ4n) is 3.17. The fraction of sp³-hybridized carbons (Fsp3) is 0.115. The molecule has 0 saturated carbocycles. The summed E-state index contributed by atoms with van der Waals surface area (Å²) in [6.07, 6.45) is 1.68. The van der Waals surface area contributed by atoms with Gasteiger partial charge in [0.25, 0.3) is 5.91 Å². The Kier molecular flexibility index (Phi) is 6.80. The SMILES string of the molecule is COc1ccccc1/C=N/Nc1nc(-c2ccc(C)cc2)c(NC(=O)c2ccc(C)cc2)s1. The third kappa shape index (κ3) is 5.45. The molecule has 4 rings (SSSR count). The van der Waals surface area contributed by atoms with Gasteiger partial charge in [-0.1, -0.05) is 71.0 Å². The molecule has 1 aromatic heterocycles. The Morgan fingerprint density at radius 3 is 2.33 bits per heavy atom. The Morgan fingerprint density at radius 2 is 1.64 bits per heavy atom. The molecule has 0 aliphatic rings. The molecule has 0 atom stereocenters. The van der Waals surface area contributed by atoms with Crippen molar-refractivity contribution in [1.29, 1.82) is 0 Å². The van der Waals surface area contributed by atoms with Gasteiger partial charge in [-0.05, 0) is 38.1 Å². The molecule has 3 aromatic carbocycles. The van der Waals surface area contributed by atoms with Crippen molar-refractivity contribution in [2.75, 3.05) is 17.9 Å². The van der Waals surface area contributed by atoms with Crippen molar-refractivity contribution in [2.45, 2.75) is 13.8 Å². The molecular formula is C26H24N4O2S. The predicted molar refractivity (Wildman–Crippen MR) is 136 cm³/mol. The summed E-state index contributed by atoms with van der Waals surface area (Å²) in [5.74, 6) is 0.546. The van der Waals surface area contributed by atoms with Crippen LogP contribution < -0.4 is 15.5 Å². The average Bonchev–Trinajstić information content (AvgIpc) is 3.22. The van der Waals surface area contributed by atoms with E-state index in [-0.39, 0.29) is 5.91 Å². The number of aryl methyl sites for hydroxylation is 2. The molecule has 0 fully saturated rings. The summed E-state index contributed by atoms with van der Waals surface area (Å²) < 4.78 is 5.35. The van der Waals surface area contributed by atoms with Crippen LogP contribution in [-0.4, -0.2) is 24.2 Å². The van der Waals surface area contributed by atoms with Crippen molar-refractivity contribution in [3.8, 4) is 17.0 Å². The number of rotatable bonds is 7. The quantitative estimate of drug-likeness (QED) is 0.259. The van der Waals surface area contributed by atoms with Crippen molar-refractivity contribution < 1.29 is 9.53 Å². The zero-order valence-corrected chi connectivity index (χ0v) is 19.4. The summed E-state index contributed by atoms with van der Waals surface area (Å²) in [5, 5.41) is 8.54. The number of para-hydroxylation sites is 1. The van der Waals surface area contributed by atoms with Gasteiger partial charge in [0.05, 0.1) is 13.3 Å². The molecule has 1 heterocycles. The summed E-state index contributed by atoms with van der Waals surface area (Å²) in [5.41, 5.74) is 8.27. The van der Waals surface area contributed by atoms with E-state index >= 15 is 0 Å². The van der Waals surface area contributed by atoms with Gasteiger partial charge in [0, 0.05) is 16.7 Å². The normalized spacial score (nSPS) is 10.9. The van der Waals surface area contributed by atoms with E-state index in [1.54, 1.807) is 13.3 Å². The molecule has 0 radical (unpaired) electrons. The lowest BCUT2D eigenvalue weighted by atomic mass is 10.1. The van der Waals surface area contributed by atoms with Crippen LogP contribution in [0.2, 0.25) is 0 Å². The van der Waals surface area contributed by atoms with Gasteiger partial charge >= 0.3 is 0 Å². The maximum absolute atomic E-state index is 12.8. The van der Waals surface area contributed by atoms with Crippen molar-refractivity contribution in [3.05, 3.63) is 95.1 Å². The molecule has 6 nitrogen and oxygen atoms in total. The van der Waals surface area contributed by atoms with E-state index in [9.17, 15) is 4.79 Å². The van der Waals surface area contributed by atoms with Gasteiger partial charge in [-0.25, -0.2) is 4.98 Å². The van der Waals surface area contributed by atoms with Crippen LogP contribution >= 0.6 is 11.3 Å². The van der Waals surface area contributed by atoms with Gasteiger partial charge in [0.15, 0.2) is 0 Å². The topological polar surface area (TPSA) is 75.6 Å². The molecule has 0 spiro atoms. The first-order valence-electron chi connectivity index (χ1n) is 10.4. The number of ether oxygens (including phenoxy) is 1. The van der Waals surface area contributed by atoms with E-state index in [2.05, 4.69) is 15.8 Å². The van der Waals surface area contributed by atoms with Gasteiger partial charge in [-0.3, -0.25) is 10.2 Å². The minimum absolute atomic E-state index is 0.184. The molecule has 33 heavy (non-hydrogen) atoms. The number of aromatic nitrogens is 1. The van der Waals surface area contributed by atoms with Crippen molar-refractivity contribution in [3.63, 3.8) is 0 Å². The maximum Gasteiger partial charge on any atom is 0.256 e. The van der Waals surface area contributed by atoms with Crippen LogP contribution in [0.3, 0.4) is 0 Å². The van der Waals surface area contributed by atoms with Crippen LogP contribution in [0.15, 0.2) is 77.9 Å². The summed E-state index contributed by atoms with van der Waals surface area (Å²) >= 11 is 1.33. The number of anilines is 2. The first-order chi connectivity index (χ1) is 16.0. The predicted octanol–water partition coefficient (Wildman–Crippen LogP) is 6.13. The molecule has 2 N–H and O–H groups in total. The highest BCUT2D eigenvalue weighted by molar-refractivity contribution is 7.20. The highest BCUT2D eigenvalue weighted by atomic mass is 32.1. The molecule has 0 saturated heterocycles. The van der Waals surface area contributed by atoms with Crippen LogP contribution in [0.25, 0.3) is 11.3 Å². The van der Waals surface area contributed by atoms with Crippen molar-refractivity contribution >= 4 is 33.6 Å². The third-order valence-corrected chi connectivity index (χ3v) is 5.87. The number of nitrogens with one attached hydrogen (secondary N) is 2. The molecule has 166 valence electrons. The van der Waals surface area contributed by atoms with Crippen LogP contribution in [0.1, 0.15) is 27.0 Å². The fourth-order valence-corrected chi connectivity index (χ4v) is 4.00. The first kappa shape index (κ1) is 22.2. The zero-order chi connectivity index (χ0) is 23.2. The number of hydrogen-bond acceptors (Lipinski definition) is 6. The molecule has 0 aliphatic carbocycles.